The first-order valence-corrected chi connectivity index (χ1v) is 6.51. The van der Waals surface area contributed by atoms with Gasteiger partial charge in [-0.1, -0.05) is 25.4 Å². The van der Waals surface area contributed by atoms with Crippen molar-refractivity contribution in [3.63, 3.8) is 0 Å². The van der Waals surface area contributed by atoms with Crippen molar-refractivity contribution in [2.75, 3.05) is 26.7 Å². The lowest BCUT2D eigenvalue weighted by atomic mass is 10.0. The maximum atomic E-state index is 6.07. The molecule has 1 fully saturated rings. The van der Waals surface area contributed by atoms with Crippen LogP contribution in [0.4, 0.5) is 0 Å². The molecule has 1 aliphatic rings. The molecule has 2 rings (SSSR count). The predicted octanol–water partition coefficient (Wildman–Crippen LogP) is 1.12. The Bertz CT molecular complexity index is 382. The van der Waals surface area contributed by atoms with E-state index in [2.05, 4.69) is 35.9 Å². The molecule has 1 aromatic heterocycles. The molecule has 0 spiro atoms. The Labute approximate surface area is 107 Å². The van der Waals surface area contributed by atoms with Crippen molar-refractivity contribution in [1.29, 1.82) is 0 Å². The van der Waals surface area contributed by atoms with Crippen LogP contribution in [0.2, 0.25) is 0 Å². The molecule has 2 heterocycles. The van der Waals surface area contributed by atoms with Gasteiger partial charge in [0.05, 0.1) is 12.6 Å². The van der Waals surface area contributed by atoms with Crippen molar-refractivity contribution < 1.29 is 9.26 Å². The van der Waals surface area contributed by atoms with Crippen LogP contribution >= 0.6 is 0 Å². The van der Waals surface area contributed by atoms with Gasteiger partial charge < -0.3 is 19.9 Å². The van der Waals surface area contributed by atoms with Crippen molar-refractivity contribution in [3.8, 4) is 0 Å². The lowest BCUT2D eigenvalue weighted by molar-refractivity contribution is -0.0264. The molecule has 6 nitrogen and oxygen atoms in total. The summed E-state index contributed by atoms with van der Waals surface area (Å²) in [5.74, 6) is 1.44. The van der Waals surface area contributed by atoms with E-state index < -0.39 is 0 Å². The summed E-state index contributed by atoms with van der Waals surface area (Å²) in [6, 6.07) is -0.197. The van der Waals surface area contributed by atoms with Gasteiger partial charge in [0.15, 0.2) is 0 Å². The summed E-state index contributed by atoms with van der Waals surface area (Å²) >= 11 is 0. The molecule has 1 aliphatic heterocycles. The van der Waals surface area contributed by atoms with Gasteiger partial charge in [0.1, 0.15) is 6.10 Å². The molecule has 6 heteroatoms. The van der Waals surface area contributed by atoms with E-state index in [-0.39, 0.29) is 12.1 Å². The van der Waals surface area contributed by atoms with Crippen molar-refractivity contribution in [2.45, 2.75) is 32.4 Å². The van der Waals surface area contributed by atoms with Crippen LogP contribution in [0.3, 0.4) is 0 Å². The quantitative estimate of drug-likeness (QED) is 0.867. The fourth-order valence-corrected chi connectivity index (χ4v) is 1.94. The standard InChI is InChI=1S/C12H22N4O2/c1-4-8(2)10(13)12-14-11(15-18-12)9-7-16(3)5-6-17-9/h8-10H,4-7,13H2,1-3H3/t8?,9?,10-/m0/s1. The van der Waals surface area contributed by atoms with Crippen LogP contribution in [-0.2, 0) is 4.74 Å². The van der Waals surface area contributed by atoms with Crippen molar-refractivity contribution in [1.82, 2.24) is 15.0 Å². The molecular formula is C12H22N4O2. The Hall–Kier alpha value is -0.980. The topological polar surface area (TPSA) is 77.4 Å². The second-order valence-corrected chi connectivity index (χ2v) is 5.02. The molecule has 0 aromatic carbocycles. The van der Waals surface area contributed by atoms with Gasteiger partial charge in [-0.2, -0.15) is 4.98 Å². The molecule has 0 saturated carbocycles. The maximum absolute atomic E-state index is 6.07. The van der Waals surface area contributed by atoms with Crippen molar-refractivity contribution in [3.05, 3.63) is 11.7 Å². The van der Waals surface area contributed by atoms with E-state index in [4.69, 9.17) is 15.0 Å². The smallest absolute Gasteiger partial charge is 0.243 e. The molecule has 102 valence electrons. The van der Waals surface area contributed by atoms with Crippen LogP contribution in [0.5, 0.6) is 0 Å². The summed E-state index contributed by atoms with van der Waals surface area (Å²) in [6.45, 7) is 6.61. The number of ether oxygens (including phenoxy) is 1. The minimum absolute atomic E-state index is 0.106. The van der Waals surface area contributed by atoms with Crippen LogP contribution < -0.4 is 5.73 Å². The number of likely N-dealkylation sites (N-methyl/N-ethyl adjacent to an activating group) is 1. The number of hydrogen-bond donors (Lipinski definition) is 1. The predicted molar refractivity (Wildman–Crippen MR) is 66.9 cm³/mol. The first-order valence-electron chi connectivity index (χ1n) is 6.51. The largest absolute Gasteiger partial charge is 0.367 e. The van der Waals surface area contributed by atoms with Gasteiger partial charge in [-0.05, 0) is 13.0 Å². The van der Waals surface area contributed by atoms with E-state index in [0.717, 1.165) is 19.5 Å². The molecule has 2 N–H and O–H groups in total. The summed E-state index contributed by atoms with van der Waals surface area (Å²) in [5.41, 5.74) is 6.07. The van der Waals surface area contributed by atoms with Crippen molar-refractivity contribution >= 4 is 0 Å². The fraction of sp³-hybridized carbons (Fsp3) is 0.833. The summed E-state index contributed by atoms with van der Waals surface area (Å²) in [6.07, 6.45) is 0.882. The van der Waals surface area contributed by atoms with Crippen LogP contribution in [0, 0.1) is 5.92 Å². The zero-order chi connectivity index (χ0) is 13.1. The molecule has 3 atom stereocenters. The average Bonchev–Trinajstić information content (AvgIpc) is 2.86. The third-order valence-corrected chi connectivity index (χ3v) is 3.56. The van der Waals surface area contributed by atoms with E-state index in [1.165, 1.54) is 0 Å². The van der Waals surface area contributed by atoms with Gasteiger partial charge in [-0.25, -0.2) is 0 Å². The summed E-state index contributed by atoms with van der Waals surface area (Å²) in [5, 5.41) is 3.99. The third-order valence-electron chi connectivity index (χ3n) is 3.56. The average molecular weight is 254 g/mol. The van der Waals surface area contributed by atoms with Gasteiger partial charge in [-0.3, -0.25) is 0 Å². The van der Waals surface area contributed by atoms with E-state index in [1.54, 1.807) is 0 Å². The van der Waals surface area contributed by atoms with Gasteiger partial charge in [-0.15, -0.1) is 0 Å². The van der Waals surface area contributed by atoms with E-state index in [1.807, 2.05) is 0 Å². The number of nitrogens with two attached hydrogens (primary N) is 1. The minimum Gasteiger partial charge on any atom is -0.367 e. The van der Waals surface area contributed by atoms with Crippen LogP contribution in [0.15, 0.2) is 4.52 Å². The lowest BCUT2D eigenvalue weighted by Gasteiger charge is -2.27. The second kappa shape index (κ2) is 5.77. The number of aromatic nitrogens is 2. The van der Waals surface area contributed by atoms with E-state index in [9.17, 15) is 0 Å². The Morgan fingerprint density at radius 1 is 1.56 bits per heavy atom. The molecular weight excluding hydrogens is 232 g/mol. The summed E-state index contributed by atoms with van der Waals surface area (Å²) in [4.78, 5) is 6.58. The highest BCUT2D eigenvalue weighted by Gasteiger charge is 2.26. The zero-order valence-corrected chi connectivity index (χ0v) is 11.3. The lowest BCUT2D eigenvalue weighted by Crippen LogP contribution is -2.35. The highest BCUT2D eigenvalue weighted by Crippen LogP contribution is 2.23. The molecule has 2 unspecified atom stereocenters. The normalized spacial score (nSPS) is 25.0. The molecule has 18 heavy (non-hydrogen) atoms. The van der Waals surface area contributed by atoms with Gasteiger partial charge >= 0.3 is 0 Å². The van der Waals surface area contributed by atoms with Gasteiger partial charge in [0.25, 0.3) is 0 Å². The maximum Gasteiger partial charge on any atom is 0.243 e. The number of morpholine rings is 1. The summed E-state index contributed by atoms with van der Waals surface area (Å²) < 4.78 is 10.9. The van der Waals surface area contributed by atoms with Crippen LogP contribution in [0.25, 0.3) is 0 Å². The first-order chi connectivity index (χ1) is 8.61. The Balaban J connectivity index is 2.05. The minimum atomic E-state index is -0.197. The van der Waals surface area contributed by atoms with E-state index in [0.29, 0.717) is 24.2 Å². The highest BCUT2D eigenvalue weighted by molar-refractivity contribution is 4.97. The number of nitrogens with zero attached hydrogens (tertiary/aromatic N) is 3. The number of rotatable bonds is 4. The Morgan fingerprint density at radius 3 is 3.00 bits per heavy atom. The molecule has 0 radical (unpaired) electrons. The fourth-order valence-electron chi connectivity index (χ4n) is 1.94. The molecule has 0 amide bonds. The Morgan fingerprint density at radius 2 is 2.33 bits per heavy atom. The molecule has 0 aliphatic carbocycles. The third kappa shape index (κ3) is 2.88. The van der Waals surface area contributed by atoms with E-state index >= 15 is 0 Å². The molecule has 1 saturated heterocycles. The second-order valence-electron chi connectivity index (χ2n) is 5.02. The summed E-state index contributed by atoms with van der Waals surface area (Å²) in [7, 11) is 2.06. The molecule has 1 aromatic rings. The first kappa shape index (κ1) is 13.5. The van der Waals surface area contributed by atoms with Crippen LogP contribution in [0.1, 0.15) is 44.1 Å². The van der Waals surface area contributed by atoms with Crippen LogP contribution in [-0.4, -0.2) is 41.8 Å². The zero-order valence-electron chi connectivity index (χ0n) is 11.3. The monoisotopic (exact) mass is 254 g/mol. The SMILES string of the molecule is CCC(C)[C@H](N)c1nc(C2CN(C)CCO2)no1. The highest BCUT2D eigenvalue weighted by atomic mass is 16.5. The van der Waals surface area contributed by atoms with Crippen molar-refractivity contribution in [2.24, 2.45) is 11.7 Å². The van der Waals surface area contributed by atoms with Gasteiger partial charge in [0.2, 0.25) is 11.7 Å². The van der Waals surface area contributed by atoms with Gasteiger partial charge in [0, 0.05) is 13.1 Å². The molecule has 0 bridgehead atoms. The Kier molecular flexibility index (Phi) is 4.31. The number of hydrogen-bond acceptors (Lipinski definition) is 6.